The highest BCUT2D eigenvalue weighted by Crippen LogP contribution is 2.45. The van der Waals surface area contributed by atoms with Gasteiger partial charge in [-0.3, -0.25) is 4.65 Å². The fourth-order valence-electron chi connectivity index (χ4n) is 7.97. The molecule has 212 valence electrons. The number of hydrogen-bond donors (Lipinski definition) is 1. The maximum atomic E-state index is 13.7. The number of nitrogens with one attached hydrogen (secondary N) is 1. The fraction of sp³-hybridized carbons (Fsp3) is 0.781. The van der Waals surface area contributed by atoms with Gasteiger partial charge in [0.1, 0.15) is 12.3 Å². The van der Waals surface area contributed by atoms with Gasteiger partial charge in [0.15, 0.2) is 12.4 Å². The third kappa shape index (κ3) is 6.23. The zero-order chi connectivity index (χ0) is 26.5. The topological polar surface area (TPSA) is 60.5 Å². The molecule has 1 N–H and O–H groups in total. The third-order valence-electron chi connectivity index (χ3n) is 10.3. The summed E-state index contributed by atoms with van der Waals surface area (Å²) >= 11 is 0. The van der Waals surface area contributed by atoms with Crippen molar-refractivity contribution in [2.45, 2.75) is 135 Å². The van der Waals surface area contributed by atoms with Gasteiger partial charge in [0.2, 0.25) is 5.88 Å². The van der Waals surface area contributed by atoms with Crippen molar-refractivity contribution in [3.8, 4) is 5.88 Å². The minimum atomic E-state index is -0.453. The van der Waals surface area contributed by atoms with E-state index >= 15 is 0 Å². The molecule has 6 nitrogen and oxygen atoms in total. The van der Waals surface area contributed by atoms with E-state index in [4.69, 9.17) is 4.74 Å². The van der Waals surface area contributed by atoms with Crippen molar-refractivity contribution in [2.75, 3.05) is 6.67 Å². The van der Waals surface area contributed by atoms with Crippen molar-refractivity contribution in [2.24, 2.45) is 17.8 Å². The van der Waals surface area contributed by atoms with Crippen molar-refractivity contribution in [1.29, 1.82) is 0 Å². The minimum Gasteiger partial charge on any atom is -0.621 e. The van der Waals surface area contributed by atoms with Crippen molar-refractivity contribution in [1.82, 2.24) is 19.8 Å². The molecule has 3 fully saturated rings. The van der Waals surface area contributed by atoms with E-state index in [0.29, 0.717) is 36.4 Å². The Bertz CT molecular complexity index is 893. The Morgan fingerprint density at radius 1 is 1.03 bits per heavy atom. The molecule has 5 rings (SSSR count). The van der Waals surface area contributed by atoms with Crippen molar-refractivity contribution in [3.05, 3.63) is 35.9 Å². The molecule has 1 aromatic heterocycles. The van der Waals surface area contributed by atoms with Gasteiger partial charge in [-0.25, -0.2) is 4.98 Å². The van der Waals surface area contributed by atoms with Gasteiger partial charge >= 0.3 is 0 Å². The van der Waals surface area contributed by atoms with Crippen molar-refractivity contribution >= 4 is 5.69 Å². The van der Waals surface area contributed by atoms with E-state index < -0.39 is 4.65 Å². The van der Waals surface area contributed by atoms with Crippen LogP contribution in [-0.4, -0.2) is 40.8 Å². The minimum absolute atomic E-state index is 0.284. The largest absolute Gasteiger partial charge is 0.621 e. The summed E-state index contributed by atoms with van der Waals surface area (Å²) in [5, 5.41) is 17.8. The fourth-order valence-corrected chi connectivity index (χ4v) is 7.97. The number of pyridine rings is 1. The first kappa shape index (κ1) is 27.9. The van der Waals surface area contributed by atoms with Gasteiger partial charge in [0.05, 0.1) is 12.4 Å². The lowest BCUT2D eigenvalue weighted by Crippen LogP contribution is -2.50. The number of hydrogen-bond acceptors (Lipinski definition) is 5. The average Bonchev–Trinajstić information content (AvgIpc) is 3.59. The second-order valence-electron chi connectivity index (χ2n) is 12.7. The molecule has 1 aromatic rings. The van der Waals surface area contributed by atoms with Gasteiger partial charge in [-0.2, -0.15) is 0 Å². The van der Waals surface area contributed by atoms with E-state index in [9.17, 15) is 5.21 Å². The third-order valence-corrected chi connectivity index (χ3v) is 10.3. The highest BCUT2D eigenvalue weighted by atomic mass is 16.5. The van der Waals surface area contributed by atoms with E-state index in [1.165, 1.54) is 64.2 Å². The lowest BCUT2D eigenvalue weighted by Gasteiger charge is -2.46. The van der Waals surface area contributed by atoms with Crippen LogP contribution in [0, 0.1) is 23.0 Å². The van der Waals surface area contributed by atoms with E-state index in [2.05, 4.69) is 36.0 Å². The van der Waals surface area contributed by atoms with Crippen LogP contribution in [0.4, 0.5) is 5.69 Å². The van der Waals surface area contributed by atoms with Crippen molar-refractivity contribution < 1.29 is 4.74 Å². The summed E-state index contributed by atoms with van der Waals surface area (Å²) < 4.78 is 5.54. The summed E-state index contributed by atoms with van der Waals surface area (Å²) in [7, 11) is 0. The first-order valence-electron chi connectivity index (χ1n) is 16.0. The molecule has 0 bridgehead atoms. The summed E-state index contributed by atoms with van der Waals surface area (Å²) in [6, 6.07) is 5.50. The molecule has 5 atom stereocenters. The van der Waals surface area contributed by atoms with Crippen molar-refractivity contribution in [3.63, 3.8) is 0 Å². The molecule has 4 aliphatic rings. The number of ether oxygens (including phenoxy) is 1. The van der Waals surface area contributed by atoms with E-state index in [1.807, 2.05) is 18.3 Å². The smallest absolute Gasteiger partial charge is 0.213 e. The second kappa shape index (κ2) is 12.7. The molecule has 0 saturated heterocycles. The number of nitrogens with zero attached hydrogens (tertiary/aromatic N) is 3. The Labute approximate surface area is 231 Å². The summed E-state index contributed by atoms with van der Waals surface area (Å²) in [4.78, 5) is 6.77. The molecule has 6 heteroatoms. The van der Waals surface area contributed by atoms with Crippen LogP contribution in [0.5, 0.6) is 5.88 Å². The molecule has 4 unspecified atom stereocenters. The zero-order valence-electron chi connectivity index (χ0n) is 24.2. The van der Waals surface area contributed by atoms with Crippen LogP contribution in [0.2, 0.25) is 0 Å². The van der Waals surface area contributed by atoms with Gasteiger partial charge in [0.25, 0.3) is 0 Å². The lowest BCUT2D eigenvalue weighted by atomic mass is 9.62. The van der Waals surface area contributed by atoms with Crippen LogP contribution in [0.1, 0.15) is 111 Å². The van der Waals surface area contributed by atoms with Gasteiger partial charge in [-0.15, -0.1) is 0 Å². The highest BCUT2D eigenvalue weighted by molar-refractivity contribution is 5.46. The Balaban J connectivity index is 1.10. The molecule has 3 aliphatic carbocycles. The molecule has 0 spiro atoms. The van der Waals surface area contributed by atoms with E-state index in [0.717, 1.165) is 43.4 Å². The first-order valence-corrected chi connectivity index (χ1v) is 16.0. The van der Waals surface area contributed by atoms with E-state index in [-0.39, 0.29) is 6.10 Å². The predicted octanol–water partition coefficient (Wildman–Crippen LogP) is 7.48. The van der Waals surface area contributed by atoms with Gasteiger partial charge in [-0.05, 0) is 88.4 Å². The van der Waals surface area contributed by atoms with Crippen LogP contribution in [-0.2, 0) is 0 Å². The van der Waals surface area contributed by atoms with Crippen LogP contribution >= 0.6 is 0 Å². The zero-order valence-corrected chi connectivity index (χ0v) is 24.2. The van der Waals surface area contributed by atoms with Crippen LogP contribution in [0.25, 0.3) is 0 Å². The Kier molecular flexibility index (Phi) is 9.33. The monoisotopic (exact) mass is 524 g/mol. The molecule has 0 aromatic carbocycles. The molecule has 3 saturated carbocycles. The average molecular weight is 525 g/mol. The Hall–Kier alpha value is -1.63. The molecule has 0 amide bonds. The standard InChI is InChI=1S/C32H52N4O2/c1-4-9-24-12-18-30(24)29(5-2)31(6-3)34-25-13-15-26(16-14-25)35-20-21-36(37,23-35)27-17-19-32(33-22-27)38-28-10-7-8-11-28/h17,19-22,24-26,28-31,34H,4-16,18,23H2,1-3H3/t24?,25?,26?,29?,30-,31?,36?/m1/s1. The predicted molar refractivity (Wildman–Crippen MR) is 156 cm³/mol. The van der Waals surface area contributed by atoms with Crippen LogP contribution in [0.15, 0.2) is 30.7 Å². The molecular formula is C32H52N4O2. The molecule has 38 heavy (non-hydrogen) atoms. The molecule has 2 heterocycles. The maximum Gasteiger partial charge on any atom is 0.213 e. The first-order chi connectivity index (χ1) is 18.5. The summed E-state index contributed by atoms with van der Waals surface area (Å²) in [6.07, 6.45) is 23.4. The number of hydroxylamine groups is 2. The lowest BCUT2D eigenvalue weighted by molar-refractivity contribution is 0.0606. The molecule has 0 radical (unpaired) electrons. The van der Waals surface area contributed by atoms with Crippen LogP contribution < -0.4 is 14.7 Å². The van der Waals surface area contributed by atoms with E-state index in [1.54, 1.807) is 12.4 Å². The van der Waals surface area contributed by atoms with Gasteiger partial charge in [-0.1, -0.05) is 40.0 Å². The summed E-state index contributed by atoms with van der Waals surface area (Å²) in [5.74, 6) is 3.37. The highest BCUT2D eigenvalue weighted by Gasteiger charge is 2.39. The normalized spacial score (nSPS) is 33.3. The summed E-state index contributed by atoms with van der Waals surface area (Å²) in [6.45, 7) is 7.58. The number of rotatable bonds is 12. The van der Waals surface area contributed by atoms with Crippen LogP contribution in [0.3, 0.4) is 0 Å². The van der Waals surface area contributed by atoms with Gasteiger partial charge in [0, 0.05) is 30.3 Å². The molecular weight excluding hydrogens is 472 g/mol. The number of aromatic nitrogens is 1. The number of quaternary nitrogens is 1. The second-order valence-corrected chi connectivity index (χ2v) is 12.7. The maximum absolute atomic E-state index is 13.7. The Morgan fingerprint density at radius 3 is 2.42 bits per heavy atom. The molecule has 1 aliphatic heterocycles. The quantitative estimate of drug-likeness (QED) is 0.227. The SMILES string of the molecule is CCCC1CC[C@H]1C(CC)C(CC)NC1CCC(N2C=C[N+]([O-])(c3ccc(OC4CCCC4)nc3)C2)CC1. The van der Waals surface area contributed by atoms with Gasteiger partial charge < -0.3 is 20.2 Å². The summed E-state index contributed by atoms with van der Waals surface area (Å²) in [5.41, 5.74) is 0.687. The Morgan fingerprint density at radius 2 is 1.82 bits per heavy atom.